The summed E-state index contributed by atoms with van der Waals surface area (Å²) in [5, 5.41) is 6.23. The van der Waals surface area contributed by atoms with Crippen LogP contribution in [0.3, 0.4) is 0 Å². The summed E-state index contributed by atoms with van der Waals surface area (Å²) in [5.41, 5.74) is -1.17. The van der Waals surface area contributed by atoms with Crippen LogP contribution in [0.4, 0.5) is 13.2 Å². The van der Waals surface area contributed by atoms with Crippen molar-refractivity contribution in [1.82, 2.24) is 15.1 Å². The van der Waals surface area contributed by atoms with Gasteiger partial charge in [0, 0.05) is 13.1 Å². The largest absolute Gasteiger partial charge is 0.436 e. The first-order valence-electron chi connectivity index (χ1n) is 6.82. The number of aromatic nitrogens is 2. The van der Waals surface area contributed by atoms with Crippen molar-refractivity contribution in [3.05, 3.63) is 15.9 Å². The van der Waals surface area contributed by atoms with Crippen LogP contribution < -0.4 is 5.32 Å². The van der Waals surface area contributed by atoms with Crippen molar-refractivity contribution in [2.75, 3.05) is 0 Å². The minimum Gasteiger partial charge on any atom is -0.348 e. The fourth-order valence-corrected chi connectivity index (χ4v) is 3.43. The van der Waals surface area contributed by atoms with Crippen LogP contribution >= 0.6 is 15.9 Å². The van der Waals surface area contributed by atoms with Gasteiger partial charge in [0.1, 0.15) is 5.69 Å². The van der Waals surface area contributed by atoms with Crippen molar-refractivity contribution in [3.63, 3.8) is 0 Å². The van der Waals surface area contributed by atoms with Crippen molar-refractivity contribution >= 4 is 21.8 Å². The second kappa shape index (κ2) is 5.98. The molecule has 1 aromatic rings. The molecule has 0 saturated heterocycles. The Kier molecular flexibility index (Phi) is 4.65. The van der Waals surface area contributed by atoms with Crippen molar-refractivity contribution < 1.29 is 18.0 Å². The quantitative estimate of drug-likeness (QED) is 0.869. The van der Waals surface area contributed by atoms with E-state index >= 15 is 0 Å². The second-order valence-corrected chi connectivity index (χ2v) is 6.27. The summed E-state index contributed by atoms with van der Waals surface area (Å²) >= 11 is 2.85. The van der Waals surface area contributed by atoms with E-state index < -0.39 is 17.8 Å². The molecule has 1 N–H and O–H groups in total. The van der Waals surface area contributed by atoms with Crippen LogP contribution in [0.5, 0.6) is 0 Å². The molecule has 1 saturated carbocycles. The van der Waals surface area contributed by atoms with Crippen LogP contribution in [-0.2, 0) is 13.2 Å². The third kappa shape index (κ3) is 3.41. The Labute approximate surface area is 129 Å². The standard InChI is InChI=1S/C13H17BrF3N3O/c1-7-5-3-4-6-8(7)18-12(21)10-9(14)11(13(15,16)17)19-20(10)2/h7-8H,3-6H2,1-2H3,(H,18,21). The van der Waals surface area contributed by atoms with Crippen LogP contribution in [0.1, 0.15) is 48.8 Å². The van der Waals surface area contributed by atoms with Gasteiger partial charge >= 0.3 is 6.18 Å². The molecule has 4 nitrogen and oxygen atoms in total. The van der Waals surface area contributed by atoms with E-state index in [9.17, 15) is 18.0 Å². The molecule has 1 aliphatic rings. The Morgan fingerprint density at radius 3 is 2.52 bits per heavy atom. The van der Waals surface area contributed by atoms with Crippen LogP contribution in [0.25, 0.3) is 0 Å². The molecular weight excluding hydrogens is 351 g/mol. The maximum atomic E-state index is 12.8. The Morgan fingerprint density at radius 1 is 1.38 bits per heavy atom. The molecule has 1 aliphatic carbocycles. The van der Waals surface area contributed by atoms with Gasteiger partial charge in [0.25, 0.3) is 5.91 Å². The minimum absolute atomic E-state index is 0.00221. The monoisotopic (exact) mass is 367 g/mol. The summed E-state index contributed by atoms with van der Waals surface area (Å²) in [5.74, 6) is -0.192. The Hall–Kier alpha value is -1.05. The fourth-order valence-electron chi connectivity index (χ4n) is 2.69. The van der Waals surface area contributed by atoms with E-state index in [-0.39, 0.29) is 16.2 Å². The predicted octanol–water partition coefficient (Wildman–Crippen LogP) is 3.51. The summed E-state index contributed by atoms with van der Waals surface area (Å²) in [6.07, 6.45) is -0.566. The number of hydrogen-bond donors (Lipinski definition) is 1. The van der Waals surface area contributed by atoms with Crippen molar-refractivity contribution in [2.45, 2.75) is 44.8 Å². The van der Waals surface area contributed by atoms with Crippen molar-refractivity contribution in [3.8, 4) is 0 Å². The zero-order valence-corrected chi connectivity index (χ0v) is 13.4. The van der Waals surface area contributed by atoms with Gasteiger partial charge in [-0.3, -0.25) is 9.48 Å². The zero-order valence-electron chi connectivity index (χ0n) is 11.8. The molecule has 1 fully saturated rings. The van der Waals surface area contributed by atoms with Gasteiger partial charge in [-0.15, -0.1) is 0 Å². The molecule has 0 spiro atoms. The summed E-state index contributed by atoms with van der Waals surface area (Å²) < 4.78 is 39.0. The molecule has 118 valence electrons. The van der Waals surface area contributed by atoms with E-state index in [2.05, 4.69) is 26.3 Å². The van der Waals surface area contributed by atoms with Gasteiger partial charge in [-0.05, 0) is 34.7 Å². The molecule has 0 aromatic carbocycles. The maximum Gasteiger partial charge on any atom is 0.436 e. The van der Waals surface area contributed by atoms with Gasteiger partial charge in [0.15, 0.2) is 5.69 Å². The molecule has 0 aliphatic heterocycles. The Morgan fingerprint density at radius 2 is 2.00 bits per heavy atom. The molecular formula is C13H17BrF3N3O. The highest BCUT2D eigenvalue weighted by Crippen LogP contribution is 2.35. The molecule has 2 atom stereocenters. The fraction of sp³-hybridized carbons (Fsp3) is 0.692. The molecule has 21 heavy (non-hydrogen) atoms. The highest BCUT2D eigenvalue weighted by molar-refractivity contribution is 9.10. The molecule has 2 unspecified atom stereocenters. The molecule has 0 bridgehead atoms. The predicted molar refractivity (Wildman–Crippen MR) is 74.8 cm³/mol. The van der Waals surface area contributed by atoms with Gasteiger partial charge < -0.3 is 5.32 Å². The van der Waals surface area contributed by atoms with Crippen LogP contribution in [0.2, 0.25) is 0 Å². The minimum atomic E-state index is -4.59. The first-order valence-corrected chi connectivity index (χ1v) is 7.61. The summed E-state index contributed by atoms with van der Waals surface area (Å²) in [6.45, 7) is 2.05. The van der Waals surface area contributed by atoms with Gasteiger partial charge in [-0.1, -0.05) is 19.8 Å². The number of carbonyl (C=O) groups excluding carboxylic acids is 1. The third-order valence-corrected chi connectivity index (χ3v) is 4.65. The summed E-state index contributed by atoms with van der Waals surface area (Å²) in [7, 11) is 1.33. The van der Waals surface area contributed by atoms with Gasteiger partial charge in [-0.25, -0.2) is 0 Å². The van der Waals surface area contributed by atoms with Gasteiger partial charge in [-0.2, -0.15) is 18.3 Å². The molecule has 8 heteroatoms. The van der Waals surface area contributed by atoms with E-state index in [1.807, 2.05) is 6.92 Å². The van der Waals surface area contributed by atoms with Crippen LogP contribution in [0, 0.1) is 5.92 Å². The lowest BCUT2D eigenvalue weighted by atomic mass is 9.86. The second-order valence-electron chi connectivity index (χ2n) is 5.47. The number of alkyl halides is 3. The van der Waals surface area contributed by atoms with E-state index in [1.54, 1.807) is 0 Å². The first-order chi connectivity index (χ1) is 9.71. The van der Waals surface area contributed by atoms with Gasteiger partial charge in [0.2, 0.25) is 0 Å². The number of amides is 1. The average molecular weight is 368 g/mol. The first kappa shape index (κ1) is 16.3. The van der Waals surface area contributed by atoms with Crippen molar-refractivity contribution in [2.24, 2.45) is 13.0 Å². The maximum absolute atomic E-state index is 12.8. The number of halogens is 4. The zero-order chi connectivity index (χ0) is 15.8. The number of nitrogens with zero attached hydrogens (tertiary/aromatic N) is 2. The van der Waals surface area contributed by atoms with E-state index in [0.717, 1.165) is 30.4 Å². The van der Waals surface area contributed by atoms with E-state index in [0.29, 0.717) is 5.92 Å². The molecule has 1 heterocycles. The lowest BCUT2D eigenvalue weighted by Crippen LogP contribution is -2.41. The number of rotatable bonds is 2. The number of nitrogens with one attached hydrogen (secondary N) is 1. The Bertz CT molecular complexity index is 541. The van der Waals surface area contributed by atoms with E-state index in [1.165, 1.54) is 7.05 Å². The number of hydrogen-bond acceptors (Lipinski definition) is 2. The Balaban J connectivity index is 2.21. The molecule has 0 radical (unpaired) electrons. The molecule has 1 aromatic heterocycles. The summed E-state index contributed by atoms with van der Waals surface area (Å²) in [6, 6.07) is 0.00221. The highest BCUT2D eigenvalue weighted by Gasteiger charge is 2.39. The lowest BCUT2D eigenvalue weighted by molar-refractivity contribution is -0.142. The van der Waals surface area contributed by atoms with Crippen LogP contribution in [0.15, 0.2) is 4.47 Å². The number of aryl methyl sites for hydroxylation is 1. The normalized spacial score (nSPS) is 23.1. The average Bonchev–Trinajstić information content (AvgIpc) is 2.67. The van der Waals surface area contributed by atoms with Crippen LogP contribution in [-0.4, -0.2) is 21.7 Å². The molecule has 1 amide bonds. The number of carbonyl (C=O) groups is 1. The highest BCUT2D eigenvalue weighted by atomic mass is 79.9. The lowest BCUT2D eigenvalue weighted by Gasteiger charge is -2.29. The third-order valence-electron chi connectivity index (χ3n) is 3.90. The topological polar surface area (TPSA) is 46.9 Å². The van der Waals surface area contributed by atoms with Gasteiger partial charge in [0.05, 0.1) is 4.47 Å². The van der Waals surface area contributed by atoms with Crippen molar-refractivity contribution in [1.29, 1.82) is 0 Å². The smallest absolute Gasteiger partial charge is 0.348 e. The van der Waals surface area contributed by atoms with E-state index in [4.69, 9.17) is 0 Å². The summed E-state index contributed by atoms with van der Waals surface area (Å²) in [4.78, 5) is 12.3. The molecule has 2 rings (SSSR count). The SMILES string of the molecule is CC1CCCCC1NC(=O)c1c(Br)c(C(F)(F)F)nn1C.